The van der Waals surface area contributed by atoms with Crippen molar-refractivity contribution in [2.24, 2.45) is 0 Å². The van der Waals surface area contributed by atoms with Gasteiger partial charge in [-0.05, 0) is 6.07 Å². The largest absolute Gasteiger partial charge is 0.481 e. The Morgan fingerprint density at radius 1 is 1.35 bits per heavy atom. The predicted octanol–water partition coefficient (Wildman–Crippen LogP) is 0.0876. The Hall–Kier alpha value is -2.31. The lowest BCUT2D eigenvalue weighted by Gasteiger charge is -2.05. The highest BCUT2D eigenvalue weighted by Gasteiger charge is 2.07. The van der Waals surface area contributed by atoms with Gasteiger partial charge in [0.1, 0.15) is 5.69 Å². The molecule has 0 aliphatic carbocycles. The molecule has 0 radical (unpaired) electrons. The van der Waals surface area contributed by atoms with E-state index in [1.54, 1.807) is 18.2 Å². The highest BCUT2D eigenvalue weighted by molar-refractivity contribution is 5.92. The van der Waals surface area contributed by atoms with Gasteiger partial charge in [0.25, 0.3) is 5.91 Å². The Balaban J connectivity index is 2.43. The summed E-state index contributed by atoms with van der Waals surface area (Å²) in [6.45, 7) is 0.342. The zero-order valence-corrected chi connectivity index (χ0v) is 9.27. The van der Waals surface area contributed by atoms with Crippen LogP contribution >= 0.6 is 0 Å². The molecule has 1 rings (SSSR count). The molecule has 2 amide bonds. The zero-order valence-electron chi connectivity index (χ0n) is 9.27. The van der Waals surface area contributed by atoms with Crippen molar-refractivity contribution < 1.29 is 19.4 Å². The average molecular weight is 239 g/mol. The summed E-state index contributed by atoms with van der Waals surface area (Å²) >= 11 is 0. The van der Waals surface area contributed by atoms with Crippen LogP contribution in [0.3, 0.4) is 0 Å². The first kappa shape index (κ1) is 12.8. The molecule has 0 aliphatic heterocycles. The maximum Gasteiger partial charge on any atom is 0.404 e. The fourth-order valence-electron chi connectivity index (χ4n) is 1.09. The summed E-state index contributed by atoms with van der Waals surface area (Å²) in [5.41, 5.74) is 0.222. The van der Waals surface area contributed by atoms with E-state index in [-0.39, 0.29) is 24.7 Å². The van der Waals surface area contributed by atoms with Crippen LogP contribution in [0.4, 0.5) is 4.79 Å². The summed E-state index contributed by atoms with van der Waals surface area (Å²) in [7, 11) is 1.46. The lowest BCUT2D eigenvalue weighted by molar-refractivity contribution is 0.0947. The molecule has 3 N–H and O–H groups in total. The van der Waals surface area contributed by atoms with Crippen molar-refractivity contribution in [1.29, 1.82) is 0 Å². The van der Waals surface area contributed by atoms with E-state index in [0.717, 1.165) is 0 Å². The summed E-state index contributed by atoms with van der Waals surface area (Å²) < 4.78 is 4.88. The third kappa shape index (κ3) is 4.37. The van der Waals surface area contributed by atoms with Crippen LogP contribution in [-0.4, -0.2) is 42.3 Å². The van der Waals surface area contributed by atoms with Gasteiger partial charge >= 0.3 is 6.09 Å². The van der Waals surface area contributed by atoms with Gasteiger partial charge in [-0.25, -0.2) is 9.78 Å². The molecular formula is C10H13N3O4. The molecule has 1 aromatic heterocycles. The van der Waals surface area contributed by atoms with E-state index in [2.05, 4.69) is 15.6 Å². The first-order valence-electron chi connectivity index (χ1n) is 4.89. The lowest BCUT2D eigenvalue weighted by atomic mass is 10.3. The van der Waals surface area contributed by atoms with Crippen LogP contribution in [0.25, 0.3) is 0 Å². The van der Waals surface area contributed by atoms with Crippen LogP contribution in [0, 0.1) is 0 Å². The van der Waals surface area contributed by atoms with Gasteiger partial charge in [-0.15, -0.1) is 0 Å². The lowest BCUT2D eigenvalue weighted by Crippen LogP contribution is -2.34. The van der Waals surface area contributed by atoms with Gasteiger partial charge in [0.2, 0.25) is 5.88 Å². The molecule has 7 heteroatoms. The SMILES string of the molecule is COc1cccc(C(=O)NCCNC(=O)O)n1. The second kappa shape index (κ2) is 6.31. The van der Waals surface area contributed by atoms with E-state index in [1.165, 1.54) is 7.11 Å². The molecule has 0 atom stereocenters. The monoisotopic (exact) mass is 239 g/mol. The standard InChI is InChI=1S/C10H13N3O4/c1-17-8-4-2-3-7(13-8)9(14)11-5-6-12-10(15)16/h2-4,12H,5-6H2,1H3,(H,11,14)(H,15,16). The Morgan fingerprint density at radius 3 is 2.71 bits per heavy atom. The Labute approximate surface area is 97.8 Å². The smallest absolute Gasteiger partial charge is 0.404 e. The van der Waals surface area contributed by atoms with Gasteiger partial charge in [-0.1, -0.05) is 6.07 Å². The maximum absolute atomic E-state index is 11.6. The fraction of sp³-hybridized carbons (Fsp3) is 0.300. The number of amides is 2. The van der Waals surface area contributed by atoms with Crippen molar-refractivity contribution in [2.75, 3.05) is 20.2 Å². The van der Waals surface area contributed by atoms with E-state index in [9.17, 15) is 9.59 Å². The van der Waals surface area contributed by atoms with Crippen molar-refractivity contribution in [3.05, 3.63) is 23.9 Å². The fourth-order valence-corrected chi connectivity index (χ4v) is 1.09. The van der Waals surface area contributed by atoms with Crippen molar-refractivity contribution in [2.45, 2.75) is 0 Å². The number of hydrogen-bond acceptors (Lipinski definition) is 4. The average Bonchev–Trinajstić information content (AvgIpc) is 2.34. The van der Waals surface area contributed by atoms with Crippen LogP contribution in [-0.2, 0) is 0 Å². The summed E-state index contributed by atoms with van der Waals surface area (Å²) in [5, 5.41) is 13.0. The predicted molar refractivity (Wildman–Crippen MR) is 59.1 cm³/mol. The molecule has 7 nitrogen and oxygen atoms in total. The highest BCUT2D eigenvalue weighted by atomic mass is 16.5. The second-order valence-corrected chi connectivity index (χ2v) is 3.05. The molecule has 1 aromatic rings. The number of methoxy groups -OCH3 is 1. The Bertz CT molecular complexity index is 408. The molecule has 0 bridgehead atoms. The molecule has 0 aliphatic rings. The molecule has 1 heterocycles. The zero-order chi connectivity index (χ0) is 12.7. The quantitative estimate of drug-likeness (QED) is 0.632. The molecule has 0 saturated heterocycles. The number of carbonyl (C=O) groups excluding carboxylic acids is 1. The second-order valence-electron chi connectivity index (χ2n) is 3.05. The normalized spacial score (nSPS) is 9.47. The van der Waals surface area contributed by atoms with Crippen LogP contribution in [0.2, 0.25) is 0 Å². The molecule has 17 heavy (non-hydrogen) atoms. The van der Waals surface area contributed by atoms with Crippen molar-refractivity contribution in [3.63, 3.8) is 0 Å². The number of hydrogen-bond donors (Lipinski definition) is 3. The first-order chi connectivity index (χ1) is 8.13. The Morgan fingerprint density at radius 2 is 2.06 bits per heavy atom. The van der Waals surface area contributed by atoms with Gasteiger partial charge in [-0.2, -0.15) is 0 Å². The summed E-state index contributed by atoms with van der Waals surface area (Å²) in [4.78, 5) is 25.6. The molecule has 0 aromatic carbocycles. The van der Waals surface area contributed by atoms with Gasteiger partial charge < -0.3 is 20.5 Å². The molecule has 0 spiro atoms. The highest BCUT2D eigenvalue weighted by Crippen LogP contribution is 2.05. The molecule has 92 valence electrons. The number of aromatic nitrogens is 1. The molecule has 0 saturated carbocycles. The van der Waals surface area contributed by atoms with Gasteiger partial charge in [0.05, 0.1) is 7.11 Å². The number of nitrogens with one attached hydrogen (secondary N) is 2. The summed E-state index contributed by atoms with van der Waals surface area (Å²) in [6, 6.07) is 4.82. The first-order valence-corrected chi connectivity index (χ1v) is 4.89. The van der Waals surface area contributed by atoms with Crippen molar-refractivity contribution in [3.8, 4) is 5.88 Å². The number of nitrogens with zero attached hydrogens (tertiary/aromatic N) is 1. The minimum absolute atomic E-state index is 0.144. The van der Waals surface area contributed by atoms with E-state index in [0.29, 0.717) is 5.88 Å². The van der Waals surface area contributed by atoms with Crippen molar-refractivity contribution in [1.82, 2.24) is 15.6 Å². The molecule has 0 unspecified atom stereocenters. The van der Waals surface area contributed by atoms with E-state index >= 15 is 0 Å². The number of carboxylic acid groups (broad SMARTS) is 1. The Kier molecular flexibility index (Phi) is 4.74. The summed E-state index contributed by atoms with van der Waals surface area (Å²) in [6.07, 6.45) is -1.13. The molecular weight excluding hydrogens is 226 g/mol. The third-order valence-corrected chi connectivity index (χ3v) is 1.85. The topological polar surface area (TPSA) is 101 Å². The minimum atomic E-state index is -1.13. The van der Waals surface area contributed by atoms with E-state index in [1.807, 2.05) is 0 Å². The number of ether oxygens (including phenoxy) is 1. The van der Waals surface area contributed by atoms with Gasteiger partial charge in [0, 0.05) is 19.2 Å². The van der Waals surface area contributed by atoms with Crippen LogP contribution in [0.1, 0.15) is 10.5 Å². The third-order valence-electron chi connectivity index (χ3n) is 1.85. The van der Waals surface area contributed by atoms with Gasteiger partial charge in [-0.3, -0.25) is 4.79 Å². The number of carbonyl (C=O) groups is 2. The van der Waals surface area contributed by atoms with E-state index in [4.69, 9.17) is 9.84 Å². The van der Waals surface area contributed by atoms with E-state index < -0.39 is 6.09 Å². The van der Waals surface area contributed by atoms with Crippen molar-refractivity contribution >= 4 is 12.0 Å². The van der Waals surface area contributed by atoms with Crippen LogP contribution in [0.15, 0.2) is 18.2 Å². The molecule has 0 fully saturated rings. The van der Waals surface area contributed by atoms with Gasteiger partial charge in [0.15, 0.2) is 0 Å². The summed E-state index contributed by atoms with van der Waals surface area (Å²) in [5.74, 6) is -0.0302. The minimum Gasteiger partial charge on any atom is -0.481 e. The maximum atomic E-state index is 11.6. The number of rotatable bonds is 5. The van der Waals surface area contributed by atoms with Crippen LogP contribution < -0.4 is 15.4 Å². The van der Waals surface area contributed by atoms with Crippen LogP contribution in [0.5, 0.6) is 5.88 Å². The number of pyridine rings is 1.